The number of aryl methyl sites for hydroxylation is 3. The number of rotatable bonds is 5. The van der Waals surface area contributed by atoms with Gasteiger partial charge in [0.15, 0.2) is 5.69 Å². The Kier molecular flexibility index (Phi) is 4.90. The van der Waals surface area contributed by atoms with Gasteiger partial charge in [-0.3, -0.25) is 9.48 Å². The van der Waals surface area contributed by atoms with E-state index in [0.717, 1.165) is 22.5 Å². The average molecular weight is 359 g/mol. The number of halogens is 1. The van der Waals surface area contributed by atoms with Gasteiger partial charge in [0.05, 0.1) is 12.2 Å². The summed E-state index contributed by atoms with van der Waals surface area (Å²) in [6.07, 6.45) is 0. The molecule has 0 radical (unpaired) electrons. The topological polar surface area (TPSA) is 73.0 Å². The van der Waals surface area contributed by atoms with E-state index in [1.807, 2.05) is 42.8 Å². The molecule has 7 heteroatoms. The first kappa shape index (κ1) is 17.2. The van der Waals surface area contributed by atoms with Gasteiger partial charge in [-0.1, -0.05) is 28.9 Å². The highest BCUT2D eigenvalue weighted by Gasteiger charge is 2.20. The largest absolute Gasteiger partial charge is 0.361 e. The van der Waals surface area contributed by atoms with Gasteiger partial charge in [-0.15, -0.1) is 0 Å². The smallest absolute Gasteiger partial charge is 0.274 e. The third-order valence-electron chi connectivity index (χ3n) is 3.95. The molecule has 130 valence electrons. The van der Waals surface area contributed by atoms with Crippen LogP contribution in [-0.2, 0) is 13.1 Å². The summed E-state index contributed by atoms with van der Waals surface area (Å²) in [5.74, 6) is 0.328. The molecule has 1 N–H and O–H groups in total. The van der Waals surface area contributed by atoms with Crippen LogP contribution in [0.3, 0.4) is 0 Å². The molecule has 2 heterocycles. The summed E-state index contributed by atoms with van der Waals surface area (Å²) in [4.78, 5) is 12.5. The molecule has 0 bridgehead atoms. The molecule has 1 aromatic carbocycles. The predicted octanol–water partition coefficient (Wildman–Crippen LogP) is 3.43. The third kappa shape index (κ3) is 3.91. The minimum Gasteiger partial charge on any atom is -0.361 e. The second kappa shape index (κ2) is 7.11. The summed E-state index contributed by atoms with van der Waals surface area (Å²) < 4.78 is 7.07. The first-order valence-electron chi connectivity index (χ1n) is 7.93. The molecule has 1 amide bonds. The molecule has 0 spiro atoms. The lowest BCUT2D eigenvalue weighted by molar-refractivity contribution is 0.0941. The first-order valence-corrected chi connectivity index (χ1v) is 8.30. The summed E-state index contributed by atoms with van der Waals surface area (Å²) in [6, 6.07) is 9.34. The van der Waals surface area contributed by atoms with Gasteiger partial charge in [0.2, 0.25) is 0 Å². The Hall–Kier alpha value is -2.60. The number of aromatic nitrogens is 3. The predicted molar refractivity (Wildman–Crippen MR) is 94.7 cm³/mol. The van der Waals surface area contributed by atoms with E-state index in [-0.39, 0.29) is 11.6 Å². The number of benzene rings is 1. The normalized spacial score (nSPS) is 10.9. The maximum atomic E-state index is 12.5. The van der Waals surface area contributed by atoms with E-state index >= 15 is 0 Å². The van der Waals surface area contributed by atoms with E-state index in [2.05, 4.69) is 15.6 Å². The van der Waals surface area contributed by atoms with Gasteiger partial charge in [0, 0.05) is 22.8 Å². The highest BCUT2D eigenvalue weighted by atomic mass is 35.5. The van der Waals surface area contributed by atoms with Crippen LogP contribution in [0, 0.1) is 20.8 Å². The van der Waals surface area contributed by atoms with Crippen LogP contribution in [0.25, 0.3) is 0 Å². The fraction of sp³-hybridized carbons (Fsp3) is 0.278. The van der Waals surface area contributed by atoms with Crippen LogP contribution >= 0.6 is 11.6 Å². The molecular weight excluding hydrogens is 340 g/mol. The Morgan fingerprint density at radius 2 is 2.08 bits per heavy atom. The van der Waals surface area contributed by atoms with Crippen LogP contribution in [0.2, 0.25) is 5.02 Å². The van der Waals surface area contributed by atoms with Crippen molar-refractivity contribution in [3.8, 4) is 0 Å². The van der Waals surface area contributed by atoms with Gasteiger partial charge >= 0.3 is 0 Å². The van der Waals surface area contributed by atoms with Crippen molar-refractivity contribution in [2.24, 2.45) is 0 Å². The fourth-order valence-corrected chi connectivity index (χ4v) is 2.87. The van der Waals surface area contributed by atoms with Gasteiger partial charge in [0.1, 0.15) is 5.76 Å². The second-order valence-electron chi connectivity index (χ2n) is 5.96. The molecule has 0 saturated heterocycles. The van der Waals surface area contributed by atoms with Crippen molar-refractivity contribution in [2.45, 2.75) is 33.9 Å². The highest BCUT2D eigenvalue weighted by molar-refractivity contribution is 6.30. The molecule has 25 heavy (non-hydrogen) atoms. The number of carbonyl (C=O) groups is 1. The maximum absolute atomic E-state index is 12.5. The van der Waals surface area contributed by atoms with Crippen LogP contribution < -0.4 is 5.32 Å². The Labute approximate surface area is 150 Å². The van der Waals surface area contributed by atoms with Crippen LogP contribution in [0.5, 0.6) is 0 Å². The minimum atomic E-state index is -0.284. The van der Waals surface area contributed by atoms with Gasteiger partial charge in [0.25, 0.3) is 5.91 Å². The van der Waals surface area contributed by atoms with E-state index in [1.165, 1.54) is 0 Å². The Morgan fingerprint density at radius 1 is 1.28 bits per heavy atom. The van der Waals surface area contributed by atoms with Gasteiger partial charge < -0.3 is 9.84 Å². The molecule has 0 aliphatic rings. The molecular formula is C18H19ClN4O2. The van der Waals surface area contributed by atoms with Crippen molar-refractivity contribution < 1.29 is 9.32 Å². The fourth-order valence-electron chi connectivity index (χ4n) is 2.65. The molecule has 0 aliphatic heterocycles. The molecule has 0 atom stereocenters. The van der Waals surface area contributed by atoms with E-state index in [1.54, 1.807) is 13.0 Å². The summed E-state index contributed by atoms with van der Waals surface area (Å²) in [5.41, 5.74) is 3.88. The zero-order valence-electron chi connectivity index (χ0n) is 14.3. The lowest BCUT2D eigenvalue weighted by Gasteiger charge is -2.07. The zero-order chi connectivity index (χ0) is 18.0. The van der Waals surface area contributed by atoms with Crippen molar-refractivity contribution in [2.75, 3.05) is 0 Å². The zero-order valence-corrected chi connectivity index (χ0v) is 15.1. The molecule has 0 unspecified atom stereocenters. The lowest BCUT2D eigenvalue weighted by atomic mass is 10.1. The molecule has 3 aromatic rings. The van der Waals surface area contributed by atoms with E-state index in [9.17, 15) is 4.79 Å². The SMILES string of the molecule is Cc1cc(C)n(Cc2c(C(=O)NCc3cccc(Cl)c3)noc2C)n1. The molecule has 0 aliphatic carbocycles. The van der Waals surface area contributed by atoms with Crippen LogP contribution in [-0.4, -0.2) is 20.8 Å². The summed E-state index contributed by atoms with van der Waals surface area (Å²) >= 11 is 5.96. The van der Waals surface area contributed by atoms with E-state index in [4.69, 9.17) is 16.1 Å². The van der Waals surface area contributed by atoms with Crippen molar-refractivity contribution in [1.82, 2.24) is 20.3 Å². The standard InChI is InChI=1S/C18H19ClN4O2/c1-11-7-12(2)23(21-11)10-16-13(3)25-22-17(16)18(24)20-9-14-5-4-6-15(19)8-14/h4-8H,9-10H2,1-3H3,(H,20,24). The lowest BCUT2D eigenvalue weighted by Crippen LogP contribution is -2.24. The van der Waals surface area contributed by atoms with Crippen molar-refractivity contribution >= 4 is 17.5 Å². The number of hydrogen-bond donors (Lipinski definition) is 1. The number of nitrogens with one attached hydrogen (secondary N) is 1. The monoisotopic (exact) mass is 358 g/mol. The van der Waals surface area contributed by atoms with Gasteiger partial charge in [-0.05, 0) is 44.5 Å². The molecule has 0 fully saturated rings. The molecule has 3 rings (SSSR count). The number of carbonyl (C=O) groups excluding carboxylic acids is 1. The third-order valence-corrected chi connectivity index (χ3v) is 4.19. The Balaban J connectivity index is 1.76. The first-order chi connectivity index (χ1) is 11.9. The minimum absolute atomic E-state index is 0.284. The molecule has 0 saturated carbocycles. The molecule has 2 aromatic heterocycles. The quantitative estimate of drug-likeness (QED) is 0.758. The highest BCUT2D eigenvalue weighted by Crippen LogP contribution is 2.17. The van der Waals surface area contributed by atoms with E-state index in [0.29, 0.717) is 23.9 Å². The maximum Gasteiger partial charge on any atom is 0.274 e. The Morgan fingerprint density at radius 3 is 2.76 bits per heavy atom. The van der Waals surface area contributed by atoms with Crippen molar-refractivity contribution in [1.29, 1.82) is 0 Å². The number of nitrogens with zero attached hydrogens (tertiary/aromatic N) is 3. The van der Waals surface area contributed by atoms with Crippen LogP contribution in [0.4, 0.5) is 0 Å². The van der Waals surface area contributed by atoms with Crippen molar-refractivity contribution in [3.63, 3.8) is 0 Å². The second-order valence-corrected chi connectivity index (χ2v) is 6.40. The molecule has 6 nitrogen and oxygen atoms in total. The van der Waals surface area contributed by atoms with Gasteiger partial charge in [-0.2, -0.15) is 5.10 Å². The Bertz CT molecular complexity index is 914. The van der Waals surface area contributed by atoms with Crippen LogP contribution in [0.1, 0.15) is 38.8 Å². The summed E-state index contributed by atoms with van der Waals surface area (Å²) in [6.45, 7) is 6.51. The number of hydrogen-bond acceptors (Lipinski definition) is 4. The van der Waals surface area contributed by atoms with Crippen LogP contribution in [0.15, 0.2) is 34.9 Å². The van der Waals surface area contributed by atoms with Gasteiger partial charge in [-0.25, -0.2) is 0 Å². The van der Waals surface area contributed by atoms with Crippen molar-refractivity contribution in [3.05, 3.63) is 69.3 Å². The average Bonchev–Trinajstić information content (AvgIpc) is 3.08. The number of amides is 1. The van der Waals surface area contributed by atoms with E-state index < -0.39 is 0 Å². The summed E-state index contributed by atoms with van der Waals surface area (Å²) in [7, 11) is 0. The summed E-state index contributed by atoms with van der Waals surface area (Å²) in [5, 5.41) is 11.8.